The highest BCUT2D eigenvalue weighted by Crippen LogP contribution is 2.03. The topological polar surface area (TPSA) is 234 Å². The van der Waals surface area contributed by atoms with Crippen LogP contribution in [0.15, 0.2) is 0 Å². The van der Waals surface area contributed by atoms with E-state index in [0.29, 0.717) is 25.8 Å². The Labute approximate surface area is 156 Å². The van der Waals surface area contributed by atoms with E-state index in [0.717, 1.165) is 0 Å². The molecule has 0 spiro atoms. The van der Waals surface area contributed by atoms with E-state index < -0.39 is 54.1 Å². The summed E-state index contributed by atoms with van der Waals surface area (Å²) < 4.78 is 0. The summed E-state index contributed by atoms with van der Waals surface area (Å²) in [7, 11) is 0. The summed E-state index contributed by atoms with van der Waals surface area (Å²) in [5.74, 6) is -4.64. The first-order valence-electron chi connectivity index (χ1n) is 8.44. The summed E-state index contributed by atoms with van der Waals surface area (Å²) in [6.45, 7) is 0.453. The summed E-state index contributed by atoms with van der Waals surface area (Å²) in [5.41, 5.74) is 21.1. The second-order valence-electron chi connectivity index (χ2n) is 6.03. The van der Waals surface area contributed by atoms with Crippen molar-refractivity contribution >= 4 is 29.6 Å². The van der Waals surface area contributed by atoms with Crippen LogP contribution in [-0.2, 0) is 24.0 Å². The van der Waals surface area contributed by atoms with Gasteiger partial charge in [0, 0.05) is 6.42 Å². The molecule has 27 heavy (non-hydrogen) atoms. The van der Waals surface area contributed by atoms with Crippen molar-refractivity contribution < 1.29 is 29.1 Å². The van der Waals surface area contributed by atoms with E-state index in [4.69, 9.17) is 28.0 Å². The van der Waals surface area contributed by atoms with Crippen LogP contribution >= 0.6 is 0 Å². The molecule has 4 amide bonds. The second kappa shape index (κ2) is 12.6. The highest BCUT2D eigenvalue weighted by Gasteiger charge is 2.28. The lowest BCUT2D eigenvalue weighted by atomic mass is 10.1. The monoisotopic (exact) mass is 388 g/mol. The Morgan fingerprint density at radius 3 is 1.93 bits per heavy atom. The molecule has 0 aromatic rings. The maximum atomic E-state index is 12.3. The van der Waals surface area contributed by atoms with Gasteiger partial charge in [0.2, 0.25) is 23.6 Å². The Kier molecular flexibility index (Phi) is 11.3. The Morgan fingerprint density at radius 2 is 1.44 bits per heavy atom. The van der Waals surface area contributed by atoms with Crippen LogP contribution in [0.1, 0.15) is 38.5 Å². The molecule has 11 N–H and O–H groups in total. The molecule has 0 radical (unpaired) electrons. The molecule has 0 aromatic carbocycles. The molecular formula is C15H28N6O6. The van der Waals surface area contributed by atoms with Crippen molar-refractivity contribution in [2.75, 3.05) is 6.54 Å². The maximum Gasteiger partial charge on any atom is 0.326 e. The third-order valence-electron chi connectivity index (χ3n) is 3.64. The van der Waals surface area contributed by atoms with Gasteiger partial charge in [0.05, 0.1) is 12.5 Å². The SMILES string of the molecule is NCCCCC(N)C(=O)NC(CCC(N)=O)C(=O)NC(CC(N)=O)C(=O)O. The molecule has 0 saturated carbocycles. The number of carbonyl (C=O) groups is 5. The van der Waals surface area contributed by atoms with Gasteiger partial charge in [0.1, 0.15) is 12.1 Å². The van der Waals surface area contributed by atoms with E-state index in [-0.39, 0.29) is 12.8 Å². The van der Waals surface area contributed by atoms with Gasteiger partial charge >= 0.3 is 5.97 Å². The van der Waals surface area contributed by atoms with Crippen molar-refractivity contribution in [3.8, 4) is 0 Å². The largest absolute Gasteiger partial charge is 0.480 e. The molecule has 0 aliphatic rings. The molecule has 0 saturated heterocycles. The number of primary amides is 2. The van der Waals surface area contributed by atoms with Crippen molar-refractivity contribution in [2.24, 2.45) is 22.9 Å². The van der Waals surface area contributed by atoms with Gasteiger partial charge in [-0.15, -0.1) is 0 Å². The smallest absolute Gasteiger partial charge is 0.326 e. The van der Waals surface area contributed by atoms with E-state index in [9.17, 15) is 24.0 Å². The normalized spacial score (nSPS) is 13.9. The highest BCUT2D eigenvalue weighted by molar-refractivity contribution is 5.93. The zero-order chi connectivity index (χ0) is 21.0. The molecule has 12 nitrogen and oxygen atoms in total. The van der Waals surface area contributed by atoms with Crippen LogP contribution in [0.3, 0.4) is 0 Å². The predicted octanol–water partition coefficient (Wildman–Crippen LogP) is -3.36. The number of unbranched alkanes of at least 4 members (excludes halogenated alkanes) is 1. The van der Waals surface area contributed by atoms with Gasteiger partial charge in [0.15, 0.2) is 0 Å². The quantitative estimate of drug-likeness (QED) is 0.148. The fourth-order valence-electron chi connectivity index (χ4n) is 2.15. The molecule has 154 valence electrons. The first-order chi connectivity index (χ1) is 12.6. The van der Waals surface area contributed by atoms with E-state index in [2.05, 4.69) is 10.6 Å². The molecule has 0 aliphatic heterocycles. The summed E-state index contributed by atoms with van der Waals surface area (Å²) >= 11 is 0. The molecule has 0 aliphatic carbocycles. The zero-order valence-electron chi connectivity index (χ0n) is 15.0. The van der Waals surface area contributed by atoms with Gasteiger partial charge < -0.3 is 38.7 Å². The number of carboxylic acid groups (broad SMARTS) is 1. The van der Waals surface area contributed by atoms with Gasteiger partial charge in [-0.3, -0.25) is 19.2 Å². The molecule has 0 aromatic heterocycles. The number of amides is 4. The second-order valence-corrected chi connectivity index (χ2v) is 6.03. The summed E-state index contributed by atoms with van der Waals surface area (Å²) in [6.07, 6.45) is 0.616. The van der Waals surface area contributed by atoms with Crippen molar-refractivity contribution in [1.29, 1.82) is 0 Å². The first kappa shape index (κ1) is 24.3. The molecule has 12 heteroatoms. The number of hydrogen-bond acceptors (Lipinski definition) is 7. The number of rotatable bonds is 14. The lowest BCUT2D eigenvalue weighted by molar-refractivity contribution is -0.143. The van der Waals surface area contributed by atoms with Crippen LogP contribution in [0.4, 0.5) is 0 Å². The lowest BCUT2D eigenvalue weighted by Gasteiger charge is -2.22. The van der Waals surface area contributed by atoms with Crippen LogP contribution in [0, 0.1) is 0 Å². The number of aliphatic carboxylic acids is 1. The zero-order valence-corrected chi connectivity index (χ0v) is 15.0. The van der Waals surface area contributed by atoms with Crippen molar-refractivity contribution in [1.82, 2.24) is 10.6 Å². The van der Waals surface area contributed by atoms with E-state index in [1.165, 1.54) is 0 Å². The fourth-order valence-corrected chi connectivity index (χ4v) is 2.15. The van der Waals surface area contributed by atoms with Gasteiger partial charge in [-0.25, -0.2) is 4.79 Å². The van der Waals surface area contributed by atoms with Crippen LogP contribution in [0.5, 0.6) is 0 Å². The Morgan fingerprint density at radius 1 is 0.852 bits per heavy atom. The third kappa shape index (κ3) is 10.8. The van der Waals surface area contributed by atoms with Crippen molar-refractivity contribution in [3.63, 3.8) is 0 Å². The number of carboxylic acids is 1. The molecule has 0 bridgehead atoms. The van der Waals surface area contributed by atoms with Crippen molar-refractivity contribution in [2.45, 2.75) is 56.7 Å². The van der Waals surface area contributed by atoms with E-state index >= 15 is 0 Å². The Balaban J connectivity index is 5.01. The van der Waals surface area contributed by atoms with Gasteiger partial charge in [-0.1, -0.05) is 6.42 Å². The molecule has 3 unspecified atom stereocenters. The highest BCUT2D eigenvalue weighted by atomic mass is 16.4. The van der Waals surface area contributed by atoms with Crippen LogP contribution < -0.4 is 33.6 Å². The third-order valence-corrected chi connectivity index (χ3v) is 3.64. The van der Waals surface area contributed by atoms with E-state index in [1.807, 2.05) is 0 Å². The molecule has 0 heterocycles. The number of hydrogen-bond donors (Lipinski definition) is 7. The minimum absolute atomic E-state index is 0.161. The van der Waals surface area contributed by atoms with Crippen LogP contribution in [0.2, 0.25) is 0 Å². The summed E-state index contributed by atoms with van der Waals surface area (Å²) in [5, 5.41) is 13.5. The Bertz CT molecular complexity index is 555. The summed E-state index contributed by atoms with van der Waals surface area (Å²) in [4.78, 5) is 57.5. The lowest BCUT2D eigenvalue weighted by Crippen LogP contribution is -2.55. The first-order valence-corrected chi connectivity index (χ1v) is 8.44. The molecule has 0 rings (SSSR count). The van der Waals surface area contributed by atoms with Crippen molar-refractivity contribution in [3.05, 3.63) is 0 Å². The van der Waals surface area contributed by atoms with E-state index in [1.54, 1.807) is 0 Å². The number of nitrogens with two attached hydrogens (primary N) is 4. The van der Waals surface area contributed by atoms with Crippen LogP contribution in [0.25, 0.3) is 0 Å². The molecular weight excluding hydrogens is 360 g/mol. The standard InChI is InChI=1S/C15H28N6O6/c16-6-2-1-3-8(17)13(24)20-9(4-5-11(18)22)14(25)21-10(15(26)27)7-12(19)23/h8-10H,1-7,16-17H2,(H2,18,22)(H2,19,23)(H,20,24)(H,21,25)(H,26,27). The van der Waals surface area contributed by atoms with Crippen LogP contribution in [-0.4, -0.2) is 59.4 Å². The minimum atomic E-state index is -1.57. The average molecular weight is 388 g/mol. The number of nitrogens with one attached hydrogen (secondary N) is 2. The molecule has 0 fully saturated rings. The fraction of sp³-hybridized carbons (Fsp3) is 0.667. The predicted molar refractivity (Wildman–Crippen MR) is 94.6 cm³/mol. The summed E-state index contributed by atoms with van der Waals surface area (Å²) in [6, 6.07) is -3.72. The maximum absolute atomic E-state index is 12.3. The average Bonchev–Trinajstić information content (AvgIpc) is 2.56. The van der Waals surface area contributed by atoms with Gasteiger partial charge in [-0.2, -0.15) is 0 Å². The molecule has 3 atom stereocenters. The minimum Gasteiger partial charge on any atom is -0.480 e. The Hall–Kier alpha value is -2.73. The number of carbonyl (C=O) groups excluding carboxylic acids is 4. The van der Waals surface area contributed by atoms with Gasteiger partial charge in [-0.05, 0) is 25.8 Å². The van der Waals surface area contributed by atoms with Gasteiger partial charge in [0.25, 0.3) is 0 Å².